The number of carbonyl (C=O) groups excluding carboxylic acids is 1. The van der Waals surface area contributed by atoms with E-state index in [1.54, 1.807) is 15.9 Å². The molecule has 0 aliphatic heterocycles. The predicted molar refractivity (Wildman–Crippen MR) is 83.2 cm³/mol. The van der Waals surface area contributed by atoms with Crippen molar-refractivity contribution in [3.8, 4) is 10.7 Å². The highest BCUT2D eigenvalue weighted by atomic mass is 32.2. The Hall–Kier alpha value is -1.93. The summed E-state index contributed by atoms with van der Waals surface area (Å²) in [5.74, 6) is 0.376. The van der Waals surface area contributed by atoms with Crippen LogP contribution in [-0.2, 0) is 4.79 Å². The molecule has 6 nitrogen and oxygen atoms in total. The molecule has 1 amide bonds. The van der Waals surface area contributed by atoms with Crippen LogP contribution in [0.25, 0.3) is 16.3 Å². The lowest BCUT2D eigenvalue weighted by molar-refractivity contribution is -0.117. The minimum Gasteiger partial charge on any atom is -0.369 e. The fourth-order valence-corrected chi connectivity index (χ4v) is 3.43. The lowest BCUT2D eigenvalue weighted by atomic mass is 10.3. The fraction of sp³-hybridized carbons (Fsp3) is 0.231. The molecule has 0 saturated heterocycles. The maximum atomic E-state index is 11.3. The zero-order chi connectivity index (χ0) is 14.8. The summed E-state index contributed by atoms with van der Waals surface area (Å²) in [6.07, 6.45) is 0.666. The summed E-state index contributed by atoms with van der Waals surface area (Å²) in [5.41, 5.74) is 6.05. The number of carbonyl (C=O) groups is 1. The summed E-state index contributed by atoms with van der Waals surface area (Å²) in [6, 6.07) is 7.60. The van der Waals surface area contributed by atoms with Crippen LogP contribution in [0.15, 0.2) is 34.7 Å². The largest absolute Gasteiger partial charge is 0.369 e. The maximum absolute atomic E-state index is 11.3. The van der Waals surface area contributed by atoms with Gasteiger partial charge in [-0.05, 0) is 30.0 Å². The van der Waals surface area contributed by atoms with E-state index < -0.39 is 0 Å². The van der Waals surface area contributed by atoms with Crippen molar-refractivity contribution in [2.45, 2.75) is 23.6 Å². The van der Waals surface area contributed by atoms with Crippen molar-refractivity contribution in [1.29, 1.82) is 0 Å². The van der Waals surface area contributed by atoms with Crippen LogP contribution in [0.5, 0.6) is 0 Å². The van der Waals surface area contributed by atoms with Gasteiger partial charge < -0.3 is 5.73 Å². The second kappa shape index (κ2) is 5.82. The van der Waals surface area contributed by atoms with Gasteiger partial charge in [0.1, 0.15) is 5.03 Å². The van der Waals surface area contributed by atoms with E-state index in [1.165, 1.54) is 11.8 Å². The molecule has 0 bridgehead atoms. The second-order valence-electron chi connectivity index (χ2n) is 4.36. The molecule has 3 rings (SSSR count). The van der Waals surface area contributed by atoms with Crippen molar-refractivity contribution >= 4 is 34.7 Å². The Morgan fingerprint density at radius 3 is 2.95 bits per heavy atom. The maximum Gasteiger partial charge on any atom is 0.230 e. The Kier molecular flexibility index (Phi) is 3.89. The molecule has 108 valence electrons. The van der Waals surface area contributed by atoms with E-state index in [0.717, 1.165) is 9.90 Å². The topological polar surface area (TPSA) is 86.2 Å². The fourth-order valence-electron chi connectivity index (χ4n) is 1.88. The number of hydrogen-bond acceptors (Lipinski definition) is 6. The molecular weight excluding hydrogens is 306 g/mol. The molecule has 0 radical (unpaired) electrons. The van der Waals surface area contributed by atoms with Crippen molar-refractivity contribution < 1.29 is 4.79 Å². The van der Waals surface area contributed by atoms with E-state index in [2.05, 4.69) is 15.3 Å². The number of thiophene rings is 1. The molecule has 0 saturated carbocycles. The molecular formula is C13H13N5OS2. The summed E-state index contributed by atoms with van der Waals surface area (Å²) < 4.78 is 1.70. The van der Waals surface area contributed by atoms with Gasteiger partial charge in [-0.2, -0.15) is 9.61 Å². The number of nitrogens with zero attached hydrogens (tertiary/aromatic N) is 4. The Balaban J connectivity index is 1.99. The zero-order valence-electron chi connectivity index (χ0n) is 11.3. The van der Waals surface area contributed by atoms with E-state index in [-0.39, 0.29) is 11.2 Å². The van der Waals surface area contributed by atoms with Gasteiger partial charge in [0.15, 0.2) is 11.5 Å². The van der Waals surface area contributed by atoms with Gasteiger partial charge in [-0.1, -0.05) is 24.8 Å². The van der Waals surface area contributed by atoms with Crippen molar-refractivity contribution in [2.24, 2.45) is 5.73 Å². The van der Waals surface area contributed by atoms with Crippen LogP contribution in [0.1, 0.15) is 13.3 Å². The molecule has 0 spiro atoms. The molecule has 21 heavy (non-hydrogen) atoms. The van der Waals surface area contributed by atoms with Crippen LogP contribution in [0.3, 0.4) is 0 Å². The summed E-state index contributed by atoms with van der Waals surface area (Å²) in [4.78, 5) is 12.3. The average Bonchev–Trinajstić information content (AvgIpc) is 3.12. The van der Waals surface area contributed by atoms with Gasteiger partial charge in [-0.3, -0.25) is 4.79 Å². The molecule has 8 heteroatoms. The number of amides is 1. The van der Waals surface area contributed by atoms with Gasteiger partial charge >= 0.3 is 0 Å². The van der Waals surface area contributed by atoms with E-state index in [9.17, 15) is 4.79 Å². The van der Waals surface area contributed by atoms with E-state index in [0.29, 0.717) is 17.9 Å². The van der Waals surface area contributed by atoms with Gasteiger partial charge in [-0.15, -0.1) is 21.5 Å². The summed E-state index contributed by atoms with van der Waals surface area (Å²) in [7, 11) is 0. The van der Waals surface area contributed by atoms with Crippen LogP contribution in [0.2, 0.25) is 0 Å². The minimum absolute atomic E-state index is 0.281. The normalized spacial score (nSPS) is 12.6. The van der Waals surface area contributed by atoms with Crippen LogP contribution in [0.4, 0.5) is 0 Å². The molecule has 3 heterocycles. The number of primary amides is 1. The highest BCUT2D eigenvalue weighted by molar-refractivity contribution is 8.00. The zero-order valence-corrected chi connectivity index (χ0v) is 12.9. The van der Waals surface area contributed by atoms with Gasteiger partial charge in [0.05, 0.1) is 10.1 Å². The number of rotatable bonds is 5. The molecule has 1 atom stereocenters. The molecule has 3 aromatic heterocycles. The van der Waals surface area contributed by atoms with Crippen molar-refractivity contribution in [3.05, 3.63) is 29.6 Å². The third-order valence-electron chi connectivity index (χ3n) is 2.93. The van der Waals surface area contributed by atoms with Crippen LogP contribution in [0, 0.1) is 0 Å². The number of hydrogen-bond donors (Lipinski definition) is 1. The first-order valence-corrected chi connectivity index (χ1v) is 8.17. The first kappa shape index (κ1) is 14.0. The van der Waals surface area contributed by atoms with Crippen LogP contribution in [-0.4, -0.2) is 31.0 Å². The summed E-state index contributed by atoms with van der Waals surface area (Å²) in [6.45, 7) is 1.93. The average molecular weight is 319 g/mol. The number of nitrogens with two attached hydrogens (primary N) is 1. The summed E-state index contributed by atoms with van der Waals surface area (Å²) in [5, 5.41) is 15.2. The van der Waals surface area contributed by atoms with Gasteiger partial charge in [0.25, 0.3) is 0 Å². The molecule has 0 aliphatic rings. The molecule has 0 fully saturated rings. The smallest absolute Gasteiger partial charge is 0.230 e. The predicted octanol–water partition coefficient (Wildman–Crippen LogP) is 2.21. The number of aromatic nitrogens is 4. The summed E-state index contributed by atoms with van der Waals surface area (Å²) >= 11 is 2.94. The molecule has 2 N–H and O–H groups in total. The van der Waals surface area contributed by atoms with Gasteiger partial charge in [-0.25, -0.2) is 0 Å². The number of thioether (sulfide) groups is 1. The molecule has 0 unspecified atom stereocenters. The molecule has 0 aromatic carbocycles. The monoisotopic (exact) mass is 319 g/mol. The SMILES string of the molecule is CC[C@@H](Sc1ccc2nnc(-c3cccs3)n2n1)C(N)=O. The second-order valence-corrected chi connectivity index (χ2v) is 6.53. The van der Waals surface area contributed by atoms with E-state index in [1.807, 2.05) is 36.6 Å². The highest BCUT2D eigenvalue weighted by Crippen LogP contribution is 2.26. The van der Waals surface area contributed by atoms with E-state index in [4.69, 9.17) is 5.73 Å². The Morgan fingerprint density at radius 1 is 1.43 bits per heavy atom. The van der Waals surface area contributed by atoms with Gasteiger partial charge in [0.2, 0.25) is 5.91 Å². The standard InChI is InChI=1S/C13H13N5OS2/c1-2-8(12(14)19)21-11-6-5-10-15-16-13(18(10)17-11)9-4-3-7-20-9/h3-8H,2H2,1H3,(H2,14,19)/t8-/m1/s1. The van der Waals surface area contributed by atoms with E-state index >= 15 is 0 Å². The van der Waals surface area contributed by atoms with Gasteiger partial charge in [0, 0.05) is 0 Å². The van der Waals surface area contributed by atoms with Crippen LogP contribution < -0.4 is 5.73 Å². The first-order valence-electron chi connectivity index (χ1n) is 6.41. The lowest BCUT2D eigenvalue weighted by Crippen LogP contribution is -2.25. The Bertz CT molecular complexity index is 768. The molecule has 3 aromatic rings. The minimum atomic E-state index is -0.327. The van der Waals surface area contributed by atoms with Crippen molar-refractivity contribution in [3.63, 3.8) is 0 Å². The molecule has 0 aliphatic carbocycles. The van der Waals surface area contributed by atoms with Crippen molar-refractivity contribution in [2.75, 3.05) is 0 Å². The quantitative estimate of drug-likeness (QED) is 0.729. The number of fused-ring (bicyclic) bond motifs is 1. The van der Waals surface area contributed by atoms with Crippen LogP contribution >= 0.6 is 23.1 Å². The Morgan fingerprint density at radius 2 is 2.29 bits per heavy atom. The third-order valence-corrected chi connectivity index (χ3v) is 5.11. The van der Waals surface area contributed by atoms with Crippen molar-refractivity contribution in [1.82, 2.24) is 19.8 Å². The Labute approximate surface area is 129 Å². The lowest BCUT2D eigenvalue weighted by Gasteiger charge is -2.09. The third kappa shape index (κ3) is 2.77. The highest BCUT2D eigenvalue weighted by Gasteiger charge is 2.17. The first-order chi connectivity index (χ1) is 10.2.